The first-order valence-electron chi connectivity index (χ1n) is 18.5. The number of ether oxygens (including phenoxy) is 2. The number of nitrogens with zero attached hydrogens (tertiary/aromatic N) is 1. The number of hydrogen-bond acceptors (Lipinski definition) is 3. The summed E-state index contributed by atoms with van der Waals surface area (Å²) < 4.78 is 13.7. The van der Waals surface area contributed by atoms with E-state index in [-0.39, 0.29) is 6.71 Å². The van der Waals surface area contributed by atoms with Crippen LogP contribution in [0.15, 0.2) is 194 Å². The van der Waals surface area contributed by atoms with Gasteiger partial charge >= 0.3 is 0 Å². The van der Waals surface area contributed by atoms with E-state index in [1.807, 2.05) is 6.07 Å². The smallest absolute Gasteiger partial charge is 0.261 e. The molecule has 2 aliphatic rings. The lowest BCUT2D eigenvalue weighted by molar-refractivity contribution is 0.467. The number of anilines is 3. The summed E-state index contributed by atoms with van der Waals surface area (Å²) in [6.07, 6.45) is 0. The molecule has 0 aliphatic carbocycles. The number of fused-ring (bicyclic) bond motifs is 9. The van der Waals surface area contributed by atoms with Crippen molar-refractivity contribution in [2.24, 2.45) is 0 Å². The van der Waals surface area contributed by atoms with Crippen LogP contribution in [0, 0.1) is 0 Å². The van der Waals surface area contributed by atoms with Gasteiger partial charge in [-0.25, -0.2) is 0 Å². The number of rotatable bonds is 5. The van der Waals surface area contributed by atoms with E-state index in [1.165, 1.54) is 43.9 Å². The van der Waals surface area contributed by atoms with E-state index in [1.54, 1.807) is 0 Å². The molecule has 54 heavy (non-hydrogen) atoms. The van der Waals surface area contributed by atoms with Crippen LogP contribution in [-0.2, 0) is 0 Å². The van der Waals surface area contributed by atoms with Crippen molar-refractivity contribution in [2.45, 2.75) is 0 Å². The molecular weight excluding hydrogens is 657 g/mol. The Labute approximate surface area is 314 Å². The molecule has 0 radical (unpaired) electrons. The second-order valence-corrected chi connectivity index (χ2v) is 14.0. The second kappa shape index (κ2) is 12.3. The first-order chi connectivity index (χ1) is 26.8. The molecule has 0 N–H and O–H groups in total. The Morgan fingerprint density at radius 1 is 0.333 bits per heavy atom. The fourth-order valence-corrected chi connectivity index (χ4v) is 8.51. The lowest BCUT2D eigenvalue weighted by atomic mass is 9.34. The van der Waals surface area contributed by atoms with Crippen LogP contribution in [0.4, 0.5) is 17.1 Å². The van der Waals surface area contributed by atoms with Crippen LogP contribution < -0.4 is 30.8 Å². The standard InChI is InChI=1S/C50H32BNO2/c1-3-12-33(13-4-1)35-22-26-37(27-23-35)52(38-28-24-36(25-29-38)34-14-5-2-6-15-34)39-30-31-44-47(32-39)53-45-20-11-21-46-49(45)51(44)48-42-18-9-7-16-40(42)41-17-8-10-19-43(41)50(48)54-46/h1-32H. The monoisotopic (exact) mass is 689 g/mol. The van der Waals surface area contributed by atoms with Crippen molar-refractivity contribution in [1.29, 1.82) is 0 Å². The molecule has 3 nitrogen and oxygen atoms in total. The Hall–Kier alpha value is -7.04. The molecule has 9 aromatic rings. The summed E-state index contributed by atoms with van der Waals surface area (Å²) in [5.41, 5.74) is 11.3. The predicted molar refractivity (Wildman–Crippen MR) is 225 cm³/mol. The fourth-order valence-electron chi connectivity index (χ4n) is 8.51. The van der Waals surface area contributed by atoms with Gasteiger partial charge in [0.1, 0.15) is 23.0 Å². The third kappa shape index (κ3) is 4.84. The zero-order valence-electron chi connectivity index (χ0n) is 29.3. The van der Waals surface area contributed by atoms with Gasteiger partial charge in [0.25, 0.3) is 6.71 Å². The topological polar surface area (TPSA) is 21.7 Å². The molecule has 2 heterocycles. The maximum atomic E-state index is 6.85. The van der Waals surface area contributed by atoms with Gasteiger partial charge in [0.15, 0.2) is 0 Å². The van der Waals surface area contributed by atoms with Crippen molar-refractivity contribution in [2.75, 3.05) is 4.90 Å². The molecule has 0 spiro atoms. The van der Waals surface area contributed by atoms with Crippen LogP contribution in [0.5, 0.6) is 23.0 Å². The Kier molecular flexibility index (Phi) is 6.96. The highest BCUT2D eigenvalue weighted by Gasteiger charge is 2.42. The molecule has 11 rings (SSSR count). The van der Waals surface area contributed by atoms with Crippen molar-refractivity contribution in [3.8, 4) is 45.3 Å². The van der Waals surface area contributed by atoms with Crippen molar-refractivity contribution in [3.05, 3.63) is 194 Å². The van der Waals surface area contributed by atoms with Gasteiger partial charge in [-0.1, -0.05) is 146 Å². The minimum absolute atomic E-state index is 0.0592. The summed E-state index contributed by atoms with van der Waals surface area (Å²) in [5.74, 6) is 3.45. The highest BCUT2D eigenvalue weighted by molar-refractivity contribution is 6.99. The minimum atomic E-state index is -0.0592. The van der Waals surface area contributed by atoms with E-state index in [9.17, 15) is 0 Å². The molecular formula is C50H32BNO2. The van der Waals surface area contributed by atoms with Crippen molar-refractivity contribution >= 4 is 61.7 Å². The molecule has 0 amide bonds. The van der Waals surface area contributed by atoms with Crippen LogP contribution in [0.2, 0.25) is 0 Å². The van der Waals surface area contributed by atoms with Gasteiger partial charge in [-0.05, 0) is 91.8 Å². The molecule has 4 heteroatoms. The maximum absolute atomic E-state index is 6.85. The third-order valence-electron chi connectivity index (χ3n) is 11.0. The summed E-state index contributed by atoms with van der Waals surface area (Å²) in [7, 11) is 0. The summed E-state index contributed by atoms with van der Waals surface area (Å²) in [6.45, 7) is -0.0592. The summed E-state index contributed by atoms with van der Waals surface area (Å²) in [5, 5.41) is 4.75. The molecule has 0 atom stereocenters. The van der Waals surface area contributed by atoms with E-state index in [0.717, 1.165) is 56.4 Å². The second-order valence-electron chi connectivity index (χ2n) is 14.0. The van der Waals surface area contributed by atoms with Gasteiger partial charge < -0.3 is 14.4 Å². The van der Waals surface area contributed by atoms with E-state index in [0.29, 0.717) is 0 Å². The van der Waals surface area contributed by atoms with E-state index >= 15 is 0 Å². The molecule has 9 aromatic carbocycles. The first-order valence-corrected chi connectivity index (χ1v) is 18.5. The summed E-state index contributed by atoms with van der Waals surface area (Å²) >= 11 is 0. The van der Waals surface area contributed by atoms with Gasteiger partial charge in [-0.2, -0.15) is 0 Å². The lowest BCUT2D eigenvalue weighted by Gasteiger charge is -2.35. The molecule has 2 aliphatic heterocycles. The van der Waals surface area contributed by atoms with Crippen molar-refractivity contribution in [3.63, 3.8) is 0 Å². The van der Waals surface area contributed by atoms with E-state index < -0.39 is 0 Å². The van der Waals surface area contributed by atoms with Gasteiger partial charge in [-0.15, -0.1) is 0 Å². The molecule has 0 saturated carbocycles. The van der Waals surface area contributed by atoms with Crippen LogP contribution in [-0.4, -0.2) is 6.71 Å². The maximum Gasteiger partial charge on any atom is 0.261 e. The molecule has 0 aromatic heterocycles. The molecule has 0 saturated heterocycles. The van der Waals surface area contributed by atoms with Crippen LogP contribution in [0.1, 0.15) is 0 Å². The highest BCUT2D eigenvalue weighted by Crippen LogP contribution is 2.43. The molecule has 0 bridgehead atoms. The van der Waals surface area contributed by atoms with Crippen LogP contribution in [0.25, 0.3) is 43.8 Å². The van der Waals surface area contributed by atoms with Gasteiger partial charge in [-0.3, -0.25) is 0 Å². The lowest BCUT2D eigenvalue weighted by Crippen LogP contribution is -2.57. The van der Waals surface area contributed by atoms with E-state index in [2.05, 4.69) is 193 Å². The summed E-state index contributed by atoms with van der Waals surface area (Å²) in [4.78, 5) is 2.32. The zero-order valence-corrected chi connectivity index (χ0v) is 29.3. The minimum Gasteiger partial charge on any atom is -0.458 e. The predicted octanol–water partition coefficient (Wildman–Crippen LogP) is 11.5. The van der Waals surface area contributed by atoms with Gasteiger partial charge in [0.2, 0.25) is 0 Å². The van der Waals surface area contributed by atoms with Gasteiger partial charge in [0.05, 0.1) is 0 Å². The van der Waals surface area contributed by atoms with Crippen LogP contribution >= 0.6 is 0 Å². The highest BCUT2D eigenvalue weighted by atomic mass is 16.5. The molecule has 0 unspecified atom stereocenters. The Bertz CT molecular complexity index is 2790. The largest absolute Gasteiger partial charge is 0.458 e. The third-order valence-corrected chi connectivity index (χ3v) is 11.0. The van der Waals surface area contributed by atoms with Crippen molar-refractivity contribution in [1.82, 2.24) is 0 Å². The SMILES string of the molecule is c1ccc(-c2ccc(N(c3ccc(-c4ccccc4)cc3)c3ccc4c(c3)Oc3cccc5c3B4c3c(c4ccccc4c4ccccc34)O5)cc2)cc1. The average molecular weight is 690 g/mol. The normalized spacial score (nSPS) is 12.3. The molecule has 252 valence electrons. The van der Waals surface area contributed by atoms with Gasteiger partial charge in [0, 0.05) is 34.0 Å². The van der Waals surface area contributed by atoms with E-state index in [4.69, 9.17) is 9.47 Å². The summed E-state index contributed by atoms with van der Waals surface area (Å²) in [6, 6.07) is 68.9. The Balaban J connectivity index is 1.08. The number of hydrogen-bond donors (Lipinski definition) is 0. The fraction of sp³-hybridized carbons (Fsp3) is 0. The zero-order chi connectivity index (χ0) is 35.6. The average Bonchev–Trinajstić information content (AvgIpc) is 3.25. The Morgan fingerprint density at radius 3 is 1.43 bits per heavy atom. The number of benzene rings is 9. The molecule has 0 fully saturated rings. The first kappa shape index (κ1) is 30.6. The van der Waals surface area contributed by atoms with Crippen LogP contribution in [0.3, 0.4) is 0 Å². The van der Waals surface area contributed by atoms with Crippen molar-refractivity contribution < 1.29 is 9.47 Å². The quantitative estimate of drug-likeness (QED) is 0.133. The Morgan fingerprint density at radius 2 is 0.815 bits per heavy atom.